The largest absolute Gasteiger partial charge is 0.493 e. The number of hydrogen-bond donors (Lipinski definition) is 0. The average molecular weight is 331 g/mol. The van der Waals surface area contributed by atoms with Gasteiger partial charge in [0.2, 0.25) is 0 Å². The van der Waals surface area contributed by atoms with Gasteiger partial charge in [-0.25, -0.2) is 4.39 Å². The van der Waals surface area contributed by atoms with Crippen LogP contribution in [0.2, 0.25) is 0 Å². The third kappa shape index (κ3) is 3.75. The van der Waals surface area contributed by atoms with Gasteiger partial charge in [0.1, 0.15) is 17.3 Å². The van der Waals surface area contributed by atoms with E-state index in [0.717, 1.165) is 25.1 Å². The second-order valence-electron chi connectivity index (χ2n) is 6.32. The van der Waals surface area contributed by atoms with Gasteiger partial charge in [0, 0.05) is 32.1 Å². The summed E-state index contributed by atoms with van der Waals surface area (Å²) in [4.78, 5) is 14.5. The average Bonchev–Trinajstić information content (AvgIpc) is 2.91. The predicted molar refractivity (Wildman–Crippen MR) is 88.5 cm³/mol. The third-order valence-electron chi connectivity index (χ3n) is 4.31. The number of ether oxygens (including phenoxy) is 1. The van der Waals surface area contributed by atoms with E-state index in [9.17, 15) is 9.18 Å². The first kappa shape index (κ1) is 16.5. The zero-order valence-corrected chi connectivity index (χ0v) is 14.0. The van der Waals surface area contributed by atoms with E-state index in [1.165, 1.54) is 12.1 Å². The standard InChI is InChI=1S/C18H22FN3O2/c1-13-9-17(21(2)20-13)18(23)22-8-4-5-14(11-22)12-24-16-7-3-6-15(19)10-16/h3,6-7,9-10,14H,4-5,8,11-12H2,1-2H3. The van der Waals surface area contributed by atoms with Crippen molar-refractivity contribution in [2.75, 3.05) is 19.7 Å². The smallest absolute Gasteiger partial charge is 0.272 e. The Morgan fingerprint density at radius 3 is 2.96 bits per heavy atom. The van der Waals surface area contributed by atoms with E-state index < -0.39 is 0 Å². The molecule has 0 N–H and O–H groups in total. The molecular formula is C18H22FN3O2. The Hall–Kier alpha value is -2.37. The van der Waals surface area contributed by atoms with Gasteiger partial charge in [-0.15, -0.1) is 0 Å². The summed E-state index contributed by atoms with van der Waals surface area (Å²) in [5.74, 6) is 0.481. The molecule has 0 bridgehead atoms. The first-order chi connectivity index (χ1) is 11.5. The fourth-order valence-corrected chi connectivity index (χ4v) is 3.13. The van der Waals surface area contributed by atoms with Crippen molar-refractivity contribution >= 4 is 5.91 Å². The van der Waals surface area contributed by atoms with Crippen LogP contribution < -0.4 is 4.74 Å². The van der Waals surface area contributed by atoms with Crippen molar-refractivity contribution in [2.45, 2.75) is 19.8 Å². The van der Waals surface area contributed by atoms with Crippen LogP contribution in [-0.4, -0.2) is 40.3 Å². The molecule has 5 nitrogen and oxygen atoms in total. The minimum atomic E-state index is -0.306. The number of nitrogens with zero attached hydrogens (tertiary/aromatic N) is 3. The molecular weight excluding hydrogens is 309 g/mol. The quantitative estimate of drug-likeness (QED) is 0.865. The van der Waals surface area contributed by atoms with Crippen molar-refractivity contribution in [1.82, 2.24) is 14.7 Å². The van der Waals surface area contributed by atoms with Gasteiger partial charge in [0.25, 0.3) is 5.91 Å². The molecule has 128 valence electrons. The Balaban J connectivity index is 1.60. The molecule has 1 unspecified atom stereocenters. The van der Waals surface area contributed by atoms with Crippen LogP contribution in [0.4, 0.5) is 4.39 Å². The summed E-state index contributed by atoms with van der Waals surface area (Å²) in [5, 5.41) is 4.24. The van der Waals surface area contributed by atoms with Crippen LogP contribution in [0.25, 0.3) is 0 Å². The molecule has 6 heteroatoms. The van der Waals surface area contributed by atoms with Crippen LogP contribution in [0, 0.1) is 18.7 Å². The van der Waals surface area contributed by atoms with Gasteiger partial charge >= 0.3 is 0 Å². The minimum absolute atomic E-state index is 0.00792. The van der Waals surface area contributed by atoms with Crippen LogP contribution in [0.3, 0.4) is 0 Å². The lowest BCUT2D eigenvalue weighted by molar-refractivity contribution is 0.0622. The number of aryl methyl sites for hydroxylation is 2. The van der Waals surface area contributed by atoms with Crippen molar-refractivity contribution < 1.29 is 13.9 Å². The third-order valence-corrected chi connectivity index (χ3v) is 4.31. The molecule has 1 aliphatic rings. The highest BCUT2D eigenvalue weighted by atomic mass is 19.1. The molecule has 1 fully saturated rings. The van der Waals surface area contributed by atoms with Crippen molar-refractivity contribution in [1.29, 1.82) is 0 Å². The molecule has 0 aliphatic carbocycles. The van der Waals surface area contributed by atoms with Gasteiger partial charge in [-0.3, -0.25) is 9.48 Å². The molecule has 2 heterocycles. The molecule has 1 saturated heterocycles. The van der Waals surface area contributed by atoms with Gasteiger partial charge in [-0.05, 0) is 38.0 Å². The molecule has 2 aromatic rings. The maximum Gasteiger partial charge on any atom is 0.272 e. The number of hydrogen-bond acceptors (Lipinski definition) is 3. The van der Waals surface area contributed by atoms with Crippen molar-refractivity contribution in [2.24, 2.45) is 13.0 Å². The fraction of sp³-hybridized carbons (Fsp3) is 0.444. The summed E-state index contributed by atoms with van der Waals surface area (Å²) in [6, 6.07) is 7.96. The number of piperidine rings is 1. The number of carbonyl (C=O) groups excluding carboxylic acids is 1. The Kier molecular flexibility index (Phi) is 4.83. The maximum atomic E-state index is 13.2. The number of rotatable bonds is 4. The molecule has 1 amide bonds. The van der Waals surface area contributed by atoms with E-state index in [0.29, 0.717) is 24.6 Å². The molecule has 1 aliphatic heterocycles. The van der Waals surface area contributed by atoms with E-state index in [2.05, 4.69) is 5.10 Å². The summed E-state index contributed by atoms with van der Waals surface area (Å²) in [6.07, 6.45) is 1.95. The van der Waals surface area contributed by atoms with Crippen LogP contribution in [0.15, 0.2) is 30.3 Å². The number of aromatic nitrogens is 2. The molecule has 1 aromatic carbocycles. The van der Waals surface area contributed by atoms with E-state index in [1.807, 2.05) is 17.9 Å². The van der Waals surface area contributed by atoms with E-state index in [1.54, 1.807) is 23.9 Å². The van der Waals surface area contributed by atoms with Crippen LogP contribution in [0.5, 0.6) is 5.75 Å². The Morgan fingerprint density at radius 1 is 1.42 bits per heavy atom. The number of amides is 1. The first-order valence-corrected chi connectivity index (χ1v) is 8.21. The Morgan fingerprint density at radius 2 is 2.25 bits per heavy atom. The molecule has 3 rings (SSSR count). The predicted octanol–water partition coefficient (Wildman–Crippen LogP) is 2.80. The summed E-state index contributed by atoms with van der Waals surface area (Å²) in [7, 11) is 1.79. The lowest BCUT2D eigenvalue weighted by Crippen LogP contribution is -2.42. The second-order valence-corrected chi connectivity index (χ2v) is 6.32. The van der Waals surface area contributed by atoms with Crippen LogP contribution in [0.1, 0.15) is 29.0 Å². The highest BCUT2D eigenvalue weighted by molar-refractivity contribution is 5.92. The zero-order chi connectivity index (χ0) is 17.1. The first-order valence-electron chi connectivity index (χ1n) is 8.21. The molecule has 24 heavy (non-hydrogen) atoms. The Labute approximate surface area is 141 Å². The van der Waals surface area contributed by atoms with Crippen LogP contribution >= 0.6 is 0 Å². The molecule has 1 atom stereocenters. The van der Waals surface area contributed by atoms with E-state index in [-0.39, 0.29) is 17.6 Å². The highest BCUT2D eigenvalue weighted by Gasteiger charge is 2.26. The number of carbonyl (C=O) groups is 1. The summed E-state index contributed by atoms with van der Waals surface area (Å²) >= 11 is 0. The van der Waals surface area contributed by atoms with Gasteiger partial charge in [0.05, 0.1) is 12.3 Å². The van der Waals surface area contributed by atoms with Gasteiger partial charge in [-0.2, -0.15) is 5.10 Å². The molecule has 0 saturated carbocycles. The lowest BCUT2D eigenvalue weighted by atomic mass is 9.98. The monoisotopic (exact) mass is 331 g/mol. The molecule has 1 aromatic heterocycles. The highest BCUT2D eigenvalue weighted by Crippen LogP contribution is 2.21. The zero-order valence-electron chi connectivity index (χ0n) is 14.0. The molecule has 0 radical (unpaired) electrons. The maximum absolute atomic E-state index is 13.2. The lowest BCUT2D eigenvalue weighted by Gasteiger charge is -2.32. The fourth-order valence-electron chi connectivity index (χ4n) is 3.13. The summed E-state index contributed by atoms with van der Waals surface area (Å²) in [5.41, 5.74) is 1.45. The SMILES string of the molecule is Cc1cc(C(=O)N2CCCC(COc3cccc(F)c3)C2)n(C)n1. The molecule has 0 spiro atoms. The minimum Gasteiger partial charge on any atom is -0.493 e. The number of halogens is 1. The van der Waals surface area contributed by atoms with E-state index in [4.69, 9.17) is 4.74 Å². The van der Waals surface area contributed by atoms with Gasteiger partial charge in [-0.1, -0.05) is 6.07 Å². The number of likely N-dealkylation sites (tertiary alicyclic amines) is 1. The number of benzene rings is 1. The van der Waals surface area contributed by atoms with Crippen molar-refractivity contribution in [3.05, 3.63) is 47.5 Å². The normalized spacial score (nSPS) is 17.8. The Bertz CT molecular complexity index is 729. The topological polar surface area (TPSA) is 47.4 Å². The summed E-state index contributed by atoms with van der Waals surface area (Å²) < 4.78 is 20.5. The summed E-state index contributed by atoms with van der Waals surface area (Å²) in [6.45, 7) is 3.76. The van der Waals surface area contributed by atoms with Crippen molar-refractivity contribution in [3.63, 3.8) is 0 Å². The van der Waals surface area contributed by atoms with Crippen LogP contribution in [-0.2, 0) is 7.05 Å². The van der Waals surface area contributed by atoms with E-state index >= 15 is 0 Å². The second kappa shape index (κ2) is 7.03. The van der Waals surface area contributed by atoms with Gasteiger partial charge < -0.3 is 9.64 Å². The van der Waals surface area contributed by atoms with Gasteiger partial charge in [0.15, 0.2) is 0 Å². The van der Waals surface area contributed by atoms with Crippen molar-refractivity contribution in [3.8, 4) is 5.75 Å².